The molecule has 14 heteroatoms. The Balaban J connectivity index is 0.00000336. The number of anilines is 1. The minimum atomic E-state index is -1.46. The molecule has 3 atom stereocenters. The van der Waals surface area contributed by atoms with Crippen LogP contribution in [0.1, 0.15) is 43.1 Å². The zero-order valence-electron chi connectivity index (χ0n) is 20.7. The van der Waals surface area contributed by atoms with Crippen LogP contribution < -0.4 is 50.6 Å². The van der Waals surface area contributed by atoms with Gasteiger partial charge in [-0.1, -0.05) is 30.3 Å². The predicted octanol–water partition coefficient (Wildman–Crippen LogP) is -2.89. The van der Waals surface area contributed by atoms with Gasteiger partial charge in [-0.15, -0.1) is 11.8 Å². The number of rotatable bonds is 7. The van der Waals surface area contributed by atoms with Gasteiger partial charge in [-0.05, 0) is 30.9 Å². The molecule has 2 aromatic rings. The monoisotopic (exact) mass is 546 g/mol. The predicted molar refractivity (Wildman–Crippen MR) is 130 cm³/mol. The fourth-order valence-electron chi connectivity index (χ4n) is 4.52. The van der Waals surface area contributed by atoms with Crippen LogP contribution in [0.4, 0.5) is 10.5 Å². The maximum Gasteiger partial charge on any atom is 1.00 e. The second-order valence-electron chi connectivity index (χ2n) is 9.05. The minimum Gasteiger partial charge on any atom is -0.543 e. The third kappa shape index (κ3) is 4.98. The number of aromatic nitrogens is 2. The molecule has 4 amide bonds. The molecule has 192 valence electrons. The van der Waals surface area contributed by atoms with E-state index in [4.69, 9.17) is 5.73 Å². The molecule has 1 aromatic heterocycles. The van der Waals surface area contributed by atoms with Crippen LogP contribution in [0.25, 0.3) is 0 Å². The van der Waals surface area contributed by atoms with Crippen LogP contribution in [-0.2, 0) is 14.4 Å². The summed E-state index contributed by atoms with van der Waals surface area (Å²) in [6, 6.07) is 4.77. The number of aliphatic carboxylic acids is 1. The van der Waals surface area contributed by atoms with Crippen LogP contribution in [0.15, 0.2) is 47.8 Å². The van der Waals surface area contributed by atoms with E-state index in [0.717, 1.165) is 22.6 Å². The van der Waals surface area contributed by atoms with Crippen LogP contribution in [0, 0.1) is 0 Å². The van der Waals surface area contributed by atoms with Crippen molar-refractivity contribution in [3.8, 4) is 5.88 Å². The fraction of sp³-hybridized carbons (Fsp3) is 0.333. The molecule has 4 N–H and O–H groups in total. The van der Waals surface area contributed by atoms with Crippen molar-refractivity contribution in [1.29, 1.82) is 0 Å². The van der Waals surface area contributed by atoms with Gasteiger partial charge in [0, 0.05) is 11.7 Å². The first-order valence-corrected chi connectivity index (χ1v) is 12.6. The van der Waals surface area contributed by atoms with Crippen LogP contribution in [0.5, 0.6) is 5.88 Å². The summed E-state index contributed by atoms with van der Waals surface area (Å²) in [4.78, 5) is 61.1. The summed E-state index contributed by atoms with van der Waals surface area (Å²) in [6.07, 6.45) is 3.04. The van der Waals surface area contributed by atoms with E-state index in [1.165, 1.54) is 18.0 Å². The summed E-state index contributed by atoms with van der Waals surface area (Å²) in [5, 5.41) is 24.2. The van der Waals surface area contributed by atoms with Crippen LogP contribution in [-0.4, -0.2) is 61.0 Å². The standard InChI is InChI=1S/C24H24N6O6S.Na/c1-11-10-37-22-15(21(33)30(22)16(11)23(34)35)27-20(32)17(12-5-3-2-4-6-12)29(24(25)36)14-9-26-18(13-7-8-13)28-19(14)31;/h2-6,9,13,15,17,22H,7-8,10H2,1H3,(H2,25,36)(H,27,32)(H,34,35)(H,26,28,31);/q;+1/p-1/t15?,17?,22-;/m0./s1. The van der Waals surface area contributed by atoms with Gasteiger partial charge in [-0.25, -0.2) is 9.78 Å². The molecule has 12 nitrogen and oxygen atoms in total. The van der Waals surface area contributed by atoms with Crippen molar-refractivity contribution in [2.75, 3.05) is 10.7 Å². The van der Waals surface area contributed by atoms with Crippen molar-refractivity contribution in [1.82, 2.24) is 20.2 Å². The summed E-state index contributed by atoms with van der Waals surface area (Å²) in [5.74, 6) is -2.41. The van der Waals surface area contributed by atoms with Gasteiger partial charge in [0.25, 0.3) is 5.91 Å². The summed E-state index contributed by atoms with van der Waals surface area (Å²) >= 11 is 1.30. The Morgan fingerprint density at radius 2 is 1.95 bits per heavy atom. The molecule has 1 saturated carbocycles. The van der Waals surface area contributed by atoms with Crippen molar-refractivity contribution < 1.29 is 58.9 Å². The number of carboxylic acid groups (broad SMARTS) is 1. The van der Waals surface area contributed by atoms with E-state index in [1.54, 1.807) is 37.3 Å². The van der Waals surface area contributed by atoms with Gasteiger partial charge in [0.2, 0.25) is 11.8 Å². The number of urea groups is 1. The molecule has 38 heavy (non-hydrogen) atoms. The number of nitrogens with two attached hydrogens (primary N) is 1. The van der Waals surface area contributed by atoms with E-state index in [-0.39, 0.29) is 46.9 Å². The number of nitrogens with zero attached hydrogens (tertiary/aromatic N) is 4. The largest absolute Gasteiger partial charge is 1.00 e. The number of nitrogens with one attached hydrogen (secondary N) is 1. The van der Waals surface area contributed by atoms with Crippen LogP contribution >= 0.6 is 11.8 Å². The number of aromatic hydroxyl groups is 1. The van der Waals surface area contributed by atoms with Gasteiger partial charge in [-0.3, -0.25) is 19.4 Å². The quantitative estimate of drug-likeness (QED) is 0.243. The number of carbonyl (C=O) groups is 4. The molecular weight excluding hydrogens is 523 g/mol. The van der Waals surface area contributed by atoms with E-state index >= 15 is 0 Å². The van der Waals surface area contributed by atoms with E-state index in [0.29, 0.717) is 22.7 Å². The van der Waals surface area contributed by atoms with Gasteiger partial charge in [0.1, 0.15) is 29.0 Å². The topological polar surface area (TPSA) is 182 Å². The molecule has 2 unspecified atom stereocenters. The first-order valence-electron chi connectivity index (χ1n) is 11.5. The number of amides is 4. The minimum absolute atomic E-state index is 0. The number of fused-ring (bicyclic) bond motifs is 1. The van der Waals surface area contributed by atoms with E-state index in [9.17, 15) is 29.4 Å². The number of β-lactam (4-membered cyclic amide) rings is 1. The molecule has 3 aliphatic rings. The van der Waals surface area contributed by atoms with E-state index < -0.39 is 47.2 Å². The Kier molecular flexibility index (Phi) is 8.02. The molecule has 0 radical (unpaired) electrons. The average Bonchev–Trinajstić information content (AvgIpc) is 3.71. The number of benzene rings is 1. The van der Waals surface area contributed by atoms with Crippen molar-refractivity contribution in [2.45, 2.75) is 43.1 Å². The molecule has 3 heterocycles. The molecule has 2 aliphatic heterocycles. The van der Waals surface area contributed by atoms with Crippen molar-refractivity contribution in [3.63, 3.8) is 0 Å². The van der Waals surface area contributed by atoms with Gasteiger partial charge in [0.15, 0.2) is 0 Å². The second kappa shape index (κ2) is 10.9. The van der Waals surface area contributed by atoms with Crippen molar-refractivity contribution >= 4 is 41.3 Å². The number of carboxylic acids is 1. The number of carbonyl (C=O) groups excluding carboxylic acids is 4. The SMILES string of the molecule is CC1=C(C(=O)[O-])N2C(=O)C(NC(=O)C(c3ccccc3)N(C(N)=O)c3cnc(C4CC4)nc3O)[C@@H]2SC1.[Na+]. The summed E-state index contributed by atoms with van der Waals surface area (Å²) in [7, 11) is 0. The molecule has 5 rings (SSSR count). The summed E-state index contributed by atoms with van der Waals surface area (Å²) in [6.45, 7) is 1.60. The zero-order chi connectivity index (χ0) is 26.4. The Morgan fingerprint density at radius 3 is 2.53 bits per heavy atom. The first-order chi connectivity index (χ1) is 17.7. The summed E-state index contributed by atoms with van der Waals surface area (Å²) < 4.78 is 0. The molecule has 0 spiro atoms. The molecule has 0 bridgehead atoms. The maximum absolute atomic E-state index is 13.7. The molecular formula is C24H23N6NaO6S. The van der Waals surface area contributed by atoms with Crippen molar-refractivity contribution in [2.24, 2.45) is 5.73 Å². The average molecular weight is 547 g/mol. The van der Waals surface area contributed by atoms with E-state index in [1.807, 2.05) is 0 Å². The van der Waals surface area contributed by atoms with Crippen LogP contribution in [0.3, 0.4) is 0 Å². The number of thioether (sulfide) groups is 1. The Hall–Kier alpha value is -3.13. The van der Waals surface area contributed by atoms with Gasteiger partial charge >= 0.3 is 35.6 Å². The smallest absolute Gasteiger partial charge is 0.543 e. The number of hydrogen-bond acceptors (Lipinski definition) is 9. The first kappa shape index (κ1) is 27.9. The third-order valence-corrected chi connectivity index (χ3v) is 7.90. The Bertz CT molecular complexity index is 1340. The normalized spacial score (nSPS) is 21.0. The second-order valence-corrected chi connectivity index (χ2v) is 10.2. The van der Waals surface area contributed by atoms with Crippen LogP contribution in [0.2, 0.25) is 0 Å². The molecule has 1 saturated heterocycles. The number of primary amides is 1. The fourth-order valence-corrected chi connectivity index (χ4v) is 5.81. The zero-order valence-corrected chi connectivity index (χ0v) is 23.5. The third-order valence-electron chi connectivity index (χ3n) is 6.48. The maximum atomic E-state index is 13.7. The van der Waals surface area contributed by atoms with Crippen molar-refractivity contribution in [3.05, 3.63) is 59.2 Å². The number of hydrogen-bond donors (Lipinski definition) is 3. The van der Waals surface area contributed by atoms with E-state index in [2.05, 4.69) is 15.3 Å². The van der Waals surface area contributed by atoms with Gasteiger partial charge in [-0.2, -0.15) is 4.98 Å². The summed E-state index contributed by atoms with van der Waals surface area (Å²) in [5.41, 5.74) is 6.17. The molecule has 2 fully saturated rings. The Morgan fingerprint density at radius 1 is 1.26 bits per heavy atom. The van der Waals surface area contributed by atoms with Gasteiger partial charge < -0.3 is 26.1 Å². The van der Waals surface area contributed by atoms with Gasteiger partial charge in [0.05, 0.1) is 17.9 Å². The Labute approximate surface area is 244 Å². The molecule has 1 aromatic carbocycles. The molecule has 1 aliphatic carbocycles.